The van der Waals surface area contributed by atoms with Crippen LogP contribution < -0.4 is 5.32 Å². The molecule has 1 atom stereocenters. The van der Waals surface area contributed by atoms with Crippen molar-refractivity contribution in [2.24, 2.45) is 0 Å². The van der Waals surface area contributed by atoms with Gasteiger partial charge in [0.05, 0.1) is 18.0 Å². The number of hydrogen-bond donors (Lipinski definition) is 2. The van der Waals surface area contributed by atoms with E-state index in [1.54, 1.807) is 24.3 Å². The molecule has 0 spiro atoms. The normalized spacial score (nSPS) is 11.6. The van der Waals surface area contributed by atoms with E-state index in [1.165, 1.54) is 6.07 Å². The third kappa shape index (κ3) is 7.55. The van der Waals surface area contributed by atoms with Gasteiger partial charge in [-0.05, 0) is 37.0 Å². The number of carboxylic acids is 1. The number of carbonyl (C=O) groups excluding carboxylic acids is 1. The lowest BCUT2D eigenvalue weighted by atomic mass is 10.1. The van der Waals surface area contributed by atoms with Crippen molar-refractivity contribution in [3.05, 3.63) is 69.8 Å². The second-order valence-corrected chi connectivity index (χ2v) is 7.24. The van der Waals surface area contributed by atoms with Crippen LogP contribution in [0.4, 0.5) is 5.69 Å². The van der Waals surface area contributed by atoms with E-state index in [2.05, 4.69) is 5.32 Å². The molecular weight excluding hydrogens is 396 g/mol. The Kier molecular flexibility index (Phi) is 8.63. The first-order chi connectivity index (χ1) is 13.9. The number of amides is 1. The van der Waals surface area contributed by atoms with Crippen LogP contribution in [-0.2, 0) is 20.2 Å². The molecule has 1 amide bonds. The second-order valence-electron chi connectivity index (χ2n) is 6.40. The van der Waals surface area contributed by atoms with Crippen LogP contribution in [0.5, 0.6) is 0 Å². The molecule has 8 nitrogen and oxygen atoms in total. The molecule has 0 unspecified atom stereocenters. The summed E-state index contributed by atoms with van der Waals surface area (Å²) in [5.41, 5.74) is 1.62. The molecule has 2 N–H and O–H groups in total. The number of rotatable bonds is 11. The third-order valence-electron chi connectivity index (χ3n) is 4.02. The highest BCUT2D eigenvalue weighted by Gasteiger charge is 2.20. The molecule has 2 aromatic carbocycles. The number of aliphatic carboxylic acids is 1. The SMILES string of the molecule is Cc1ccc([N+](=O)[O-])c(SOCCC[C@H](NC(=O)Cc2ccccc2)C(=O)O)c1. The van der Waals surface area contributed by atoms with E-state index < -0.39 is 16.9 Å². The van der Waals surface area contributed by atoms with E-state index in [9.17, 15) is 24.8 Å². The van der Waals surface area contributed by atoms with Gasteiger partial charge >= 0.3 is 5.97 Å². The van der Waals surface area contributed by atoms with Crippen molar-refractivity contribution >= 4 is 29.6 Å². The molecule has 0 fully saturated rings. The van der Waals surface area contributed by atoms with E-state index in [0.29, 0.717) is 11.3 Å². The summed E-state index contributed by atoms with van der Waals surface area (Å²) in [6.45, 7) is 2.01. The Balaban J connectivity index is 1.78. The van der Waals surface area contributed by atoms with Crippen molar-refractivity contribution in [3.63, 3.8) is 0 Å². The Bertz CT molecular complexity index is 859. The largest absolute Gasteiger partial charge is 0.480 e. The number of nitro groups is 1. The second kappa shape index (κ2) is 11.2. The highest BCUT2D eigenvalue weighted by atomic mass is 32.2. The molecule has 0 saturated carbocycles. The lowest BCUT2D eigenvalue weighted by Gasteiger charge is -2.14. The molecule has 29 heavy (non-hydrogen) atoms. The number of hydrogen-bond acceptors (Lipinski definition) is 6. The van der Waals surface area contributed by atoms with Crippen molar-refractivity contribution < 1.29 is 23.8 Å². The van der Waals surface area contributed by atoms with E-state index >= 15 is 0 Å². The van der Waals surface area contributed by atoms with Crippen molar-refractivity contribution in [3.8, 4) is 0 Å². The van der Waals surface area contributed by atoms with E-state index in [0.717, 1.165) is 23.2 Å². The lowest BCUT2D eigenvalue weighted by Crippen LogP contribution is -2.41. The van der Waals surface area contributed by atoms with Crippen molar-refractivity contribution in [2.45, 2.75) is 37.1 Å². The zero-order valence-electron chi connectivity index (χ0n) is 15.9. The van der Waals surface area contributed by atoms with Gasteiger partial charge in [-0.1, -0.05) is 36.4 Å². The maximum atomic E-state index is 12.1. The van der Waals surface area contributed by atoms with Gasteiger partial charge in [-0.3, -0.25) is 14.9 Å². The Hall–Kier alpha value is -2.91. The molecule has 0 aromatic heterocycles. The number of carboxylic acid groups (broad SMARTS) is 1. The van der Waals surface area contributed by atoms with Gasteiger partial charge in [0.1, 0.15) is 10.9 Å². The average Bonchev–Trinajstić information content (AvgIpc) is 2.67. The van der Waals surface area contributed by atoms with Crippen molar-refractivity contribution in [2.75, 3.05) is 6.61 Å². The minimum absolute atomic E-state index is 0.0443. The molecule has 0 heterocycles. The maximum absolute atomic E-state index is 12.1. The molecule has 2 rings (SSSR count). The van der Waals surface area contributed by atoms with Gasteiger partial charge in [0.25, 0.3) is 5.69 Å². The van der Waals surface area contributed by atoms with Gasteiger partial charge in [-0.2, -0.15) is 0 Å². The van der Waals surface area contributed by atoms with Gasteiger partial charge in [0.15, 0.2) is 0 Å². The first-order valence-electron chi connectivity index (χ1n) is 8.97. The summed E-state index contributed by atoms with van der Waals surface area (Å²) in [4.78, 5) is 34.4. The monoisotopic (exact) mass is 418 g/mol. The number of nitrogens with one attached hydrogen (secondary N) is 1. The Morgan fingerprint density at radius 2 is 1.97 bits per heavy atom. The smallest absolute Gasteiger partial charge is 0.326 e. The highest BCUT2D eigenvalue weighted by molar-refractivity contribution is 7.94. The van der Waals surface area contributed by atoms with Crippen LogP contribution in [0.15, 0.2) is 53.4 Å². The summed E-state index contributed by atoms with van der Waals surface area (Å²) in [6, 6.07) is 12.8. The first kappa shape index (κ1) is 22.4. The molecular formula is C20H22N2O6S. The summed E-state index contributed by atoms with van der Waals surface area (Å²) in [6.07, 6.45) is 0.662. The average molecular weight is 418 g/mol. The number of aryl methyl sites for hydroxylation is 1. The summed E-state index contributed by atoms with van der Waals surface area (Å²) in [7, 11) is 0. The fourth-order valence-electron chi connectivity index (χ4n) is 2.57. The summed E-state index contributed by atoms with van der Waals surface area (Å²) in [5.74, 6) is -1.48. The number of carbonyl (C=O) groups is 2. The summed E-state index contributed by atoms with van der Waals surface area (Å²) >= 11 is 0.889. The minimum Gasteiger partial charge on any atom is -0.480 e. The van der Waals surface area contributed by atoms with Crippen LogP contribution in [0.3, 0.4) is 0 Å². The number of nitrogens with zero attached hydrogens (tertiary/aromatic N) is 1. The lowest BCUT2D eigenvalue weighted by molar-refractivity contribution is -0.387. The molecule has 0 radical (unpaired) electrons. The van der Waals surface area contributed by atoms with Crippen LogP contribution in [0.1, 0.15) is 24.0 Å². The molecule has 9 heteroatoms. The van der Waals surface area contributed by atoms with Crippen LogP contribution >= 0.6 is 12.0 Å². The fourth-order valence-corrected chi connectivity index (χ4v) is 3.36. The van der Waals surface area contributed by atoms with E-state index in [-0.39, 0.29) is 31.0 Å². The first-order valence-corrected chi connectivity index (χ1v) is 9.71. The molecule has 154 valence electrons. The van der Waals surface area contributed by atoms with E-state index in [4.69, 9.17) is 4.18 Å². The van der Waals surface area contributed by atoms with E-state index in [1.807, 2.05) is 25.1 Å². The standard InChI is InChI=1S/C20H22N2O6S/c1-14-9-10-17(22(26)27)18(12-14)29-28-11-5-8-16(20(24)25)21-19(23)13-15-6-3-2-4-7-15/h2-4,6-7,9-10,12,16H,5,8,11,13H2,1H3,(H,21,23)(H,24,25)/t16-/m0/s1. The number of benzene rings is 2. The molecule has 0 saturated heterocycles. The van der Waals surface area contributed by atoms with Crippen molar-refractivity contribution in [1.82, 2.24) is 5.32 Å². The zero-order valence-corrected chi connectivity index (χ0v) is 16.7. The zero-order chi connectivity index (χ0) is 21.2. The third-order valence-corrected chi connectivity index (χ3v) is 4.81. The maximum Gasteiger partial charge on any atom is 0.326 e. The Labute approximate surface area is 172 Å². The Morgan fingerprint density at radius 3 is 2.62 bits per heavy atom. The predicted octanol–water partition coefficient (Wildman–Crippen LogP) is 3.52. The van der Waals surface area contributed by atoms with Crippen molar-refractivity contribution in [1.29, 1.82) is 0 Å². The van der Waals surface area contributed by atoms with Gasteiger partial charge in [-0.25, -0.2) is 4.79 Å². The summed E-state index contributed by atoms with van der Waals surface area (Å²) in [5, 5.41) is 22.9. The van der Waals surface area contributed by atoms with Gasteiger partial charge in [0, 0.05) is 18.1 Å². The van der Waals surface area contributed by atoms with Crippen LogP contribution in [0.25, 0.3) is 0 Å². The molecule has 0 aliphatic heterocycles. The summed E-state index contributed by atoms with van der Waals surface area (Å²) < 4.78 is 5.40. The van der Waals surface area contributed by atoms with Gasteiger partial charge in [0.2, 0.25) is 5.91 Å². The molecule has 2 aromatic rings. The van der Waals surface area contributed by atoms with Crippen LogP contribution in [0, 0.1) is 17.0 Å². The fraction of sp³-hybridized carbons (Fsp3) is 0.300. The Morgan fingerprint density at radius 1 is 1.24 bits per heavy atom. The molecule has 0 aliphatic carbocycles. The molecule has 0 bridgehead atoms. The van der Waals surface area contributed by atoms with Crippen LogP contribution in [-0.4, -0.2) is 34.6 Å². The van der Waals surface area contributed by atoms with Gasteiger partial charge in [-0.15, -0.1) is 0 Å². The van der Waals surface area contributed by atoms with Crippen LogP contribution in [0.2, 0.25) is 0 Å². The highest BCUT2D eigenvalue weighted by Crippen LogP contribution is 2.30. The molecule has 0 aliphatic rings. The van der Waals surface area contributed by atoms with Gasteiger partial charge < -0.3 is 14.6 Å². The quantitative estimate of drug-likeness (QED) is 0.248. The number of nitro benzene ring substituents is 1. The predicted molar refractivity (Wildman–Crippen MR) is 109 cm³/mol. The topological polar surface area (TPSA) is 119 Å². The minimum atomic E-state index is -1.12.